The highest BCUT2D eigenvalue weighted by Gasteiger charge is 2.12. The number of benzene rings is 1. The second-order valence-corrected chi connectivity index (χ2v) is 5.14. The van der Waals surface area contributed by atoms with Crippen molar-refractivity contribution in [3.05, 3.63) is 78.4 Å². The normalized spacial score (nSPS) is 11.7. The van der Waals surface area contributed by atoms with Gasteiger partial charge in [0, 0.05) is 30.4 Å². The van der Waals surface area contributed by atoms with E-state index in [9.17, 15) is 4.79 Å². The number of aromatic nitrogens is 3. The third kappa shape index (κ3) is 3.58. The number of amides is 1. The van der Waals surface area contributed by atoms with Gasteiger partial charge >= 0.3 is 0 Å². The number of hydrogen-bond donors (Lipinski definition) is 1. The standard InChI is InChI=1S/C18H16N4O/c1-13(14-7-9-19-10-8-14)22-18(23)16-11-20-17(21-12-16)15-5-3-2-4-6-15/h2-13H,1H3,(H,22,23)/t13-/m0/s1. The van der Waals surface area contributed by atoms with Gasteiger partial charge in [-0.1, -0.05) is 30.3 Å². The summed E-state index contributed by atoms with van der Waals surface area (Å²) in [5.74, 6) is 0.401. The summed E-state index contributed by atoms with van der Waals surface area (Å²) in [5, 5.41) is 2.92. The Morgan fingerprint density at radius 1 is 1.00 bits per heavy atom. The summed E-state index contributed by atoms with van der Waals surface area (Å²) in [6.07, 6.45) is 6.50. The fourth-order valence-electron chi connectivity index (χ4n) is 2.20. The van der Waals surface area contributed by atoms with Gasteiger partial charge in [-0.15, -0.1) is 0 Å². The lowest BCUT2D eigenvalue weighted by molar-refractivity contribution is 0.0939. The molecule has 0 aliphatic rings. The molecule has 0 saturated heterocycles. The number of carbonyl (C=O) groups is 1. The quantitative estimate of drug-likeness (QED) is 0.804. The van der Waals surface area contributed by atoms with E-state index < -0.39 is 0 Å². The number of hydrogen-bond acceptors (Lipinski definition) is 4. The average molecular weight is 304 g/mol. The summed E-state index contributed by atoms with van der Waals surface area (Å²) in [6.45, 7) is 1.92. The molecule has 1 atom stereocenters. The third-order valence-electron chi connectivity index (χ3n) is 3.50. The highest BCUT2D eigenvalue weighted by Crippen LogP contribution is 2.14. The molecule has 1 N–H and O–H groups in total. The molecule has 23 heavy (non-hydrogen) atoms. The summed E-state index contributed by atoms with van der Waals surface area (Å²) in [4.78, 5) is 24.8. The highest BCUT2D eigenvalue weighted by atomic mass is 16.1. The summed E-state index contributed by atoms with van der Waals surface area (Å²) in [6, 6.07) is 13.3. The van der Waals surface area contributed by atoms with Gasteiger partial charge in [0.05, 0.1) is 11.6 Å². The van der Waals surface area contributed by atoms with Crippen molar-refractivity contribution in [3.63, 3.8) is 0 Å². The molecule has 0 radical (unpaired) electrons. The van der Waals surface area contributed by atoms with E-state index in [0.29, 0.717) is 11.4 Å². The van der Waals surface area contributed by atoms with E-state index in [1.807, 2.05) is 49.4 Å². The minimum Gasteiger partial charge on any atom is -0.345 e. The molecule has 5 nitrogen and oxygen atoms in total. The minimum absolute atomic E-state index is 0.112. The molecule has 0 saturated carbocycles. The Morgan fingerprint density at radius 3 is 2.30 bits per heavy atom. The van der Waals surface area contributed by atoms with E-state index in [0.717, 1.165) is 11.1 Å². The first-order chi connectivity index (χ1) is 11.2. The predicted octanol–water partition coefficient (Wildman–Crippen LogP) is 3.03. The molecule has 1 aromatic carbocycles. The van der Waals surface area contributed by atoms with Crippen LogP contribution in [0.1, 0.15) is 28.9 Å². The van der Waals surface area contributed by atoms with Crippen LogP contribution in [0.4, 0.5) is 0 Å². The first-order valence-electron chi connectivity index (χ1n) is 7.32. The largest absolute Gasteiger partial charge is 0.345 e. The van der Waals surface area contributed by atoms with Crippen LogP contribution in [-0.4, -0.2) is 20.9 Å². The van der Waals surface area contributed by atoms with Crippen molar-refractivity contribution in [2.75, 3.05) is 0 Å². The Labute approximate surface area is 134 Å². The minimum atomic E-state index is -0.200. The maximum atomic E-state index is 12.3. The second kappa shape index (κ2) is 6.79. The SMILES string of the molecule is C[C@H](NC(=O)c1cnc(-c2ccccc2)nc1)c1ccncc1. The van der Waals surface area contributed by atoms with Gasteiger partial charge in [-0.2, -0.15) is 0 Å². The van der Waals surface area contributed by atoms with Crippen molar-refractivity contribution in [1.82, 2.24) is 20.3 Å². The van der Waals surface area contributed by atoms with Crippen LogP contribution in [0, 0.1) is 0 Å². The zero-order valence-corrected chi connectivity index (χ0v) is 12.7. The topological polar surface area (TPSA) is 67.8 Å². The first kappa shape index (κ1) is 14.8. The summed E-state index contributed by atoms with van der Waals surface area (Å²) < 4.78 is 0. The Morgan fingerprint density at radius 2 is 1.65 bits per heavy atom. The molecule has 114 valence electrons. The molecule has 2 aromatic heterocycles. The Balaban J connectivity index is 1.71. The molecule has 1 amide bonds. The van der Waals surface area contributed by atoms with Crippen LogP contribution in [-0.2, 0) is 0 Å². The Bertz CT molecular complexity index is 773. The molecule has 0 aliphatic heterocycles. The van der Waals surface area contributed by atoms with Gasteiger partial charge in [-0.05, 0) is 24.6 Å². The predicted molar refractivity (Wildman–Crippen MR) is 87.6 cm³/mol. The fourth-order valence-corrected chi connectivity index (χ4v) is 2.20. The molecule has 0 bridgehead atoms. The number of nitrogens with zero attached hydrogens (tertiary/aromatic N) is 3. The van der Waals surface area contributed by atoms with E-state index in [1.165, 1.54) is 0 Å². The molecule has 2 heterocycles. The van der Waals surface area contributed by atoms with E-state index in [4.69, 9.17) is 0 Å². The lowest BCUT2D eigenvalue weighted by Crippen LogP contribution is -2.26. The molecule has 0 fully saturated rings. The van der Waals surface area contributed by atoms with Crippen molar-refractivity contribution in [2.24, 2.45) is 0 Å². The zero-order valence-electron chi connectivity index (χ0n) is 12.7. The maximum absolute atomic E-state index is 12.3. The smallest absolute Gasteiger partial charge is 0.254 e. The highest BCUT2D eigenvalue weighted by molar-refractivity contribution is 5.93. The van der Waals surface area contributed by atoms with E-state index in [1.54, 1.807) is 24.8 Å². The van der Waals surface area contributed by atoms with Gasteiger partial charge < -0.3 is 5.32 Å². The lowest BCUT2D eigenvalue weighted by atomic mass is 10.1. The van der Waals surface area contributed by atoms with Gasteiger partial charge in [-0.25, -0.2) is 9.97 Å². The summed E-state index contributed by atoms with van der Waals surface area (Å²) in [7, 11) is 0. The van der Waals surface area contributed by atoms with Crippen LogP contribution in [0.2, 0.25) is 0 Å². The van der Waals surface area contributed by atoms with Crippen LogP contribution in [0.3, 0.4) is 0 Å². The van der Waals surface area contributed by atoms with Gasteiger partial charge in [0.15, 0.2) is 5.82 Å². The lowest BCUT2D eigenvalue weighted by Gasteiger charge is -2.13. The van der Waals surface area contributed by atoms with Gasteiger partial charge in [0.25, 0.3) is 5.91 Å². The van der Waals surface area contributed by atoms with Crippen molar-refractivity contribution >= 4 is 5.91 Å². The van der Waals surface area contributed by atoms with Gasteiger partial charge in [0.2, 0.25) is 0 Å². The third-order valence-corrected chi connectivity index (χ3v) is 3.50. The van der Waals surface area contributed by atoms with Crippen molar-refractivity contribution in [2.45, 2.75) is 13.0 Å². The first-order valence-corrected chi connectivity index (χ1v) is 7.32. The number of carbonyl (C=O) groups excluding carboxylic acids is 1. The van der Waals surface area contributed by atoms with E-state index >= 15 is 0 Å². The monoisotopic (exact) mass is 304 g/mol. The molecule has 0 spiro atoms. The Hall–Kier alpha value is -3.08. The Kier molecular flexibility index (Phi) is 4.38. The van der Waals surface area contributed by atoms with E-state index in [2.05, 4.69) is 20.3 Å². The molecular formula is C18H16N4O. The summed E-state index contributed by atoms with van der Waals surface area (Å²) in [5.41, 5.74) is 2.35. The average Bonchev–Trinajstić information content (AvgIpc) is 2.63. The van der Waals surface area contributed by atoms with Crippen LogP contribution in [0.25, 0.3) is 11.4 Å². The number of pyridine rings is 1. The van der Waals surface area contributed by atoms with Crippen molar-refractivity contribution in [1.29, 1.82) is 0 Å². The molecule has 3 rings (SSSR count). The van der Waals surface area contributed by atoms with Crippen molar-refractivity contribution < 1.29 is 4.79 Å². The van der Waals surface area contributed by atoms with Crippen LogP contribution in [0.15, 0.2) is 67.3 Å². The summed E-state index contributed by atoms with van der Waals surface area (Å²) >= 11 is 0. The van der Waals surface area contributed by atoms with Gasteiger partial charge in [-0.3, -0.25) is 9.78 Å². The second-order valence-electron chi connectivity index (χ2n) is 5.14. The number of rotatable bonds is 4. The maximum Gasteiger partial charge on any atom is 0.254 e. The van der Waals surface area contributed by atoms with Crippen molar-refractivity contribution in [3.8, 4) is 11.4 Å². The number of nitrogens with one attached hydrogen (secondary N) is 1. The molecule has 3 aromatic rings. The fraction of sp³-hybridized carbons (Fsp3) is 0.111. The zero-order chi connectivity index (χ0) is 16.1. The molecule has 0 unspecified atom stereocenters. The molecular weight excluding hydrogens is 288 g/mol. The molecule has 5 heteroatoms. The van der Waals surface area contributed by atoms with Crippen LogP contribution in [0.5, 0.6) is 0 Å². The van der Waals surface area contributed by atoms with Crippen LogP contribution >= 0.6 is 0 Å². The van der Waals surface area contributed by atoms with Crippen LogP contribution < -0.4 is 5.32 Å². The molecule has 0 aliphatic carbocycles. The van der Waals surface area contributed by atoms with E-state index in [-0.39, 0.29) is 11.9 Å². The van der Waals surface area contributed by atoms with Gasteiger partial charge in [0.1, 0.15) is 0 Å².